The van der Waals surface area contributed by atoms with Crippen LogP contribution in [-0.2, 0) is 5.41 Å². The Labute approximate surface area is 442 Å². The number of hydrogen-bond donors (Lipinski definition) is 0. The first-order valence-electron chi connectivity index (χ1n) is 26.3. The molecule has 2 heterocycles. The van der Waals surface area contributed by atoms with E-state index in [0.717, 1.165) is 28.4 Å². The molecule has 1 aliphatic rings. The summed E-state index contributed by atoms with van der Waals surface area (Å²) in [5.74, 6) is 0. The highest BCUT2D eigenvalue weighted by molar-refractivity contribution is 6.17. The Kier molecular flexibility index (Phi) is 10.1. The van der Waals surface area contributed by atoms with Crippen LogP contribution in [-0.4, -0.2) is 9.13 Å². The largest absolute Gasteiger partial charge is 0.310 e. The van der Waals surface area contributed by atoms with Crippen molar-refractivity contribution in [3.05, 3.63) is 320 Å². The van der Waals surface area contributed by atoms with Gasteiger partial charge in [-0.05, 0) is 141 Å². The second-order valence-corrected chi connectivity index (χ2v) is 20.0. The summed E-state index contributed by atoms with van der Waals surface area (Å²) in [6.07, 6.45) is 0. The second kappa shape index (κ2) is 17.6. The minimum absolute atomic E-state index is 0.543. The van der Waals surface area contributed by atoms with Gasteiger partial charge in [-0.1, -0.05) is 212 Å². The third kappa shape index (κ3) is 6.62. The number of benzene rings is 12. The van der Waals surface area contributed by atoms with Crippen molar-refractivity contribution in [2.45, 2.75) is 5.41 Å². The quantitative estimate of drug-likeness (QED) is 0.140. The smallest absolute Gasteiger partial charge is 0.0714 e. The van der Waals surface area contributed by atoms with E-state index in [9.17, 15) is 0 Å². The van der Waals surface area contributed by atoms with Crippen LogP contribution >= 0.6 is 0 Å². The highest BCUT2D eigenvalue weighted by atomic mass is 15.1. The van der Waals surface area contributed by atoms with Gasteiger partial charge in [-0.2, -0.15) is 0 Å². The maximum absolute atomic E-state index is 2.47. The van der Waals surface area contributed by atoms with Crippen LogP contribution in [0.25, 0.3) is 88.4 Å². The molecule has 356 valence electrons. The molecule has 2 aromatic heterocycles. The Hall–Kier alpha value is -9.96. The molecule has 0 fully saturated rings. The predicted octanol–water partition coefficient (Wildman–Crippen LogP) is 19.0. The summed E-state index contributed by atoms with van der Waals surface area (Å²) in [4.78, 5) is 2.45. The number of nitrogens with zero attached hydrogens (tertiary/aromatic N) is 3. The summed E-state index contributed by atoms with van der Waals surface area (Å²) in [7, 11) is 0. The molecule has 0 saturated carbocycles. The number of fused-ring (bicyclic) bond motifs is 9. The number of hydrogen-bond acceptors (Lipinski definition) is 1. The van der Waals surface area contributed by atoms with Gasteiger partial charge in [0.2, 0.25) is 0 Å². The molecule has 0 spiro atoms. The molecule has 12 aromatic carbocycles. The van der Waals surface area contributed by atoms with Gasteiger partial charge in [-0.15, -0.1) is 0 Å². The number of aromatic nitrogens is 2. The fourth-order valence-corrected chi connectivity index (χ4v) is 12.8. The lowest BCUT2D eigenvalue weighted by molar-refractivity contribution is 0.768. The fourth-order valence-electron chi connectivity index (χ4n) is 12.8. The van der Waals surface area contributed by atoms with E-state index in [1.54, 1.807) is 0 Å². The van der Waals surface area contributed by atoms with Gasteiger partial charge in [0, 0.05) is 50.0 Å². The highest BCUT2D eigenvalue weighted by Gasteiger charge is 2.46. The number of rotatable bonds is 9. The molecule has 3 nitrogen and oxygen atoms in total. The van der Waals surface area contributed by atoms with Crippen LogP contribution in [0.3, 0.4) is 0 Å². The van der Waals surface area contributed by atoms with E-state index in [-0.39, 0.29) is 0 Å². The maximum Gasteiger partial charge on any atom is 0.0714 e. The van der Waals surface area contributed by atoms with E-state index >= 15 is 0 Å². The fraction of sp³-hybridized carbons (Fsp3) is 0.0137. The molecule has 76 heavy (non-hydrogen) atoms. The topological polar surface area (TPSA) is 13.1 Å². The van der Waals surface area contributed by atoms with Gasteiger partial charge in [0.25, 0.3) is 0 Å². The van der Waals surface area contributed by atoms with E-state index in [0.29, 0.717) is 0 Å². The first-order valence-corrected chi connectivity index (χ1v) is 26.3. The molecular weight excluding hydrogens is 919 g/mol. The van der Waals surface area contributed by atoms with E-state index in [2.05, 4.69) is 311 Å². The highest BCUT2D eigenvalue weighted by Crippen LogP contribution is 2.57. The van der Waals surface area contributed by atoms with Gasteiger partial charge in [-0.3, -0.25) is 0 Å². The van der Waals surface area contributed by atoms with Crippen molar-refractivity contribution in [3.8, 4) is 44.8 Å². The molecule has 14 aromatic rings. The van der Waals surface area contributed by atoms with Crippen LogP contribution in [0.5, 0.6) is 0 Å². The van der Waals surface area contributed by atoms with E-state index in [4.69, 9.17) is 0 Å². The molecule has 0 radical (unpaired) electrons. The van der Waals surface area contributed by atoms with Crippen molar-refractivity contribution in [2.24, 2.45) is 0 Å². The van der Waals surface area contributed by atoms with Gasteiger partial charge < -0.3 is 14.0 Å². The molecule has 0 bridgehead atoms. The summed E-state index contributed by atoms with van der Waals surface area (Å²) < 4.78 is 4.79. The Bertz CT molecular complexity index is 4240. The van der Waals surface area contributed by atoms with Gasteiger partial charge in [0.1, 0.15) is 0 Å². The van der Waals surface area contributed by atoms with E-state index in [1.807, 2.05) is 0 Å². The van der Waals surface area contributed by atoms with Crippen LogP contribution in [0.15, 0.2) is 297 Å². The SMILES string of the molecule is c1ccc(-n2c3ccccc3c3c(-c4ccc(N(c5ccc(-c6cccc7c6c6ccccc6n7-c6ccccc6)cc5)c5ccc6c(c5)C(c5ccccc5)(c5ccccc5)c5ccccc5-6)cc4)cccc32)cc1. The molecule has 15 rings (SSSR count). The van der Waals surface area contributed by atoms with Crippen molar-refractivity contribution in [3.63, 3.8) is 0 Å². The zero-order valence-electron chi connectivity index (χ0n) is 41.6. The average Bonchev–Trinajstić information content (AvgIpc) is 4.14. The summed E-state index contributed by atoms with van der Waals surface area (Å²) >= 11 is 0. The molecule has 3 heteroatoms. The molecule has 0 atom stereocenters. The molecular formula is C73H49N3. The Morgan fingerprint density at radius 1 is 0.263 bits per heavy atom. The predicted molar refractivity (Wildman–Crippen MR) is 318 cm³/mol. The van der Waals surface area contributed by atoms with Gasteiger partial charge in [0.05, 0.1) is 27.5 Å². The second-order valence-electron chi connectivity index (χ2n) is 20.0. The molecule has 0 unspecified atom stereocenters. The first kappa shape index (κ1) is 43.6. The van der Waals surface area contributed by atoms with Crippen molar-refractivity contribution in [2.75, 3.05) is 4.90 Å². The lowest BCUT2D eigenvalue weighted by Crippen LogP contribution is -2.28. The van der Waals surface area contributed by atoms with Crippen molar-refractivity contribution >= 4 is 60.7 Å². The third-order valence-electron chi connectivity index (χ3n) is 16.0. The van der Waals surface area contributed by atoms with E-state index in [1.165, 1.54) is 99.2 Å². The molecule has 0 aliphatic heterocycles. The molecule has 1 aliphatic carbocycles. The van der Waals surface area contributed by atoms with Crippen LogP contribution in [0.4, 0.5) is 17.1 Å². The number of anilines is 3. The van der Waals surface area contributed by atoms with Gasteiger partial charge in [-0.25, -0.2) is 0 Å². The monoisotopic (exact) mass is 967 g/mol. The lowest BCUT2D eigenvalue weighted by Gasteiger charge is -2.35. The van der Waals surface area contributed by atoms with E-state index < -0.39 is 5.41 Å². The molecule has 0 N–H and O–H groups in total. The first-order chi connectivity index (χ1) is 37.7. The normalized spacial score (nSPS) is 12.6. The summed E-state index contributed by atoms with van der Waals surface area (Å²) in [5.41, 5.74) is 22.1. The zero-order valence-corrected chi connectivity index (χ0v) is 41.6. The van der Waals surface area contributed by atoms with Crippen molar-refractivity contribution < 1.29 is 0 Å². The van der Waals surface area contributed by atoms with Crippen LogP contribution in [0.2, 0.25) is 0 Å². The summed E-state index contributed by atoms with van der Waals surface area (Å²) in [6, 6.07) is 109. The summed E-state index contributed by atoms with van der Waals surface area (Å²) in [6.45, 7) is 0. The van der Waals surface area contributed by atoms with Gasteiger partial charge in [0.15, 0.2) is 0 Å². The number of para-hydroxylation sites is 4. The Morgan fingerprint density at radius 2 is 0.645 bits per heavy atom. The molecule has 0 amide bonds. The van der Waals surface area contributed by atoms with Crippen molar-refractivity contribution in [1.29, 1.82) is 0 Å². The standard InChI is InChI=1S/C73H49N3/c1-5-21-52(22-6-1)73(53-23-7-2-8-24-53)65-34-16-13-29-61(65)62-48-47-58(49-66(62)73)74(56-43-39-50(40-44-56)59-32-19-37-69-71(59)63-30-14-17-35-67(63)75(69)54-25-9-3-10-26-54)57-45-41-51(42-46-57)60-33-20-38-70-72(60)64-31-15-18-36-68(64)76(70)55-27-11-4-12-28-55/h1-49H. The average molecular weight is 968 g/mol. The Balaban J connectivity index is 0.916. The lowest BCUT2D eigenvalue weighted by atomic mass is 9.67. The summed E-state index contributed by atoms with van der Waals surface area (Å²) in [5, 5.41) is 4.98. The van der Waals surface area contributed by atoms with Crippen LogP contribution in [0, 0.1) is 0 Å². The van der Waals surface area contributed by atoms with Crippen molar-refractivity contribution in [1.82, 2.24) is 9.13 Å². The zero-order chi connectivity index (χ0) is 50.2. The van der Waals surface area contributed by atoms with Crippen LogP contribution < -0.4 is 4.90 Å². The Morgan fingerprint density at radius 3 is 1.14 bits per heavy atom. The van der Waals surface area contributed by atoms with Crippen LogP contribution in [0.1, 0.15) is 22.3 Å². The van der Waals surface area contributed by atoms with Gasteiger partial charge >= 0.3 is 0 Å². The molecule has 0 saturated heterocycles. The maximum atomic E-state index is 2.47. The third-order valence-corrected chi connectivity index (χ3v) is 16.0. The minimum Gasteiger partial charge on any atom is -0.310 e. The minimum atomic E-state index is -0.543.